The van der Waals surface area contributed by atoms with Crippen LogP contribution >= 0.6 is 0 Å². The third-order valence-corrected chi connectivity index (χ3v) is 4.52. The Morgan fingerprint density at radius 1 is 0.821 bits per heavy atom. The van der Waals surface area contributed by atoms with Gasteiger partial charge in [0.15, 0.2) is 11.6 Å². The highest BCUT2D eigenvalue weighted by molar-refractivity contribution is 5.96. The first-order chi connectivity index (χ1) is 13.5. The molecule has 1 saturated heterocycles. The second-order valence-electron chi connectivity index (χ2n) is 6.35. The van der Waals surface area contributed by atoms with Crippen LogP contribution in [0.25, 0.3) is 0 Å². The minimum Gasteiger partial charge on any atom is -0.343 e. The number of nitrogens with zero attached hydrogens (tertiary/aromatic N) is 2. The second kappa shape index (κ2) is 8.60. The van der Waals surface area contributed by atoms with E-state index in [9.17, 15) is 23.2 Å². The van der Waals surface area contributed by atoms with Crippen molar-refractivity contribution in [3.8, 4) is 0 Å². The Morgan fingerprint density at radius 3 is 2.11 bits per heavy atom. The Labute approximate surface area is 160 Å². The first-order valence-electron chi connectivity index (χ1n) is 8.81. The maximum Gasteiger partial charge on any atom is 0.254 e. The molecule has 28 heavy (non-hydrogen) atoms. The summed E-state index contributed by atoms with van der Waals surface area (Å²) in [4.78, 5) is 39.7. The number of amides is 3. The maximum absolute atomic E-state index is 13.3. The van der Waals surface area contributed by atoms with Gasteiger partial charge in [-0.3, -0.25) is 14.4 Å². The minimum absolute atomic E-state index is 0.0637. The summed E-state index contributed by atoms with van der Waals surface area (Å²) >= 11 is 0. The van der Waals surface area contributed by atoms with Gasteiger partial charge in [0.05, 0.1) is 6.54 Å². The number of hydrogen-bond acceptors (Lipinski definition) is 3. The molecule has 2 aromatic rings. The summed E-state index contributed by atoms with van der Waals surface area (Å²) in [6, 6.07) is 11.6. The van der Waals surface area contributed by atoms with Crippen LogP contribution in [0.5, 0.6) is 0 Å². The molecule has 3 rings (SSSR count). The third-order valence-electron chi connectivity index (χ3n) is 4.52. The molecular formula is C20H19F2N3O3. The first kappa shape index (κ1) is 19.5. The molecule has 0 spiro atoms. The standard InChI is InChI=1S/C20H19F2N3O3/c21-16-7-6-15(12-17(16)22)20(28)25-10-8-24(9-11-25)18(26)13-23-19(27)14-4-2-1-3-5-14/h1-7,12H,8-11,13H2,(H,23,27). The molecule has 0 saturated carbocycles. The largest absolute Gasteiger partial charge is 0.343 e. The van der Waals surface area contributed by atoms with Crippen LogP contribution in [0.1, 0.15) is 20.7 Å². The average molecular weight is 387 g/mol. The van der Waals surface area contributed by atoms with Crippen LogP contribution in [-0.2, 0) is 4.79 Å². The third kappa shape index (κ3) is 4.51. The SMILES string of the molecule is O=C(NCC(=O)N1CCN(C(=O)c2ccc(F)c(F)c2)CC1)c1ccccc1. The van der Waals surface area contributed by atoms with Crippen molar-refractivity contribution in [3.63, 3.8) is 0 Å². The molecule has 0 atom stereocenters. The number of piperazine rings is 1. The van der Waals surface area contributed by atoms with Crippen molar-refractivity contribution >= 4 is 17.7 Å². The molecule has 0 bridgehead atoms. The lowest BCUT2D eigenvalue weighted by molar-refractivity contribution is -0.131. The number of hydrogen-bond donors (Lipinski definition) is 1. The van der Waals surface area contributed by atoms with E-state index in [-0.39, 0.29) is 37.0 Å². The van der Waals surface area contributed by atoms with E-state index in [1.54, 1.807) is 35.2 Å². The van der Waals surface area contributed by atoms with E-state index in [4.69, 9.17) is 0 Å². The molecule has 0 aromatic heterocycles. The molecule has 2 aromatic carbocycles. The molecule has 1 aliphatic heterocycles. The molecule has 3 amide bonds. The molecule has 0 radical (unpaired) electrons. The van der Waals surface area contributed by atoms with Gasteiger partial charge in [-0.1, -0.05) is 18.2 Å². The molecule has 8 heteroatoms. The van der Waals surface area contributed by atoms with Gasteiger partial charge in [-0.2, -0.15) is 0 Å². The molecule has 1 heterocycles. The second-order valence-corrected chi connectivity index (χ2v) is 6.35. The van der Waals surface area contributed by atoms with Gasteiger partial charge < -0.3 is 15.1 Å². The smallest absolute Gasteiger partial charge is 0.254 e. The van der Waals surface area contributed by atoms with Crippen molar-refractivity contribution in [2.75, 3.05) is 32.7 Å². The van der Waals surface area contributed by atoms with Crippen LogP contribution in [0, 0.1) is 11.6 Å². The summed E-state index contributed by atoms with van der Waals surface area (Å²) in [5, 5.41) is 2.58. The van der Waals surface area contributed by atoms with Gasteiger partial charge in [-0.05, 0) is 30.3 Å². The topological polar surface area (TPSA) is 69.7 Å². The van der Waals surface area contributed by atoms with Crippen LogP contribution in [-0.4, -0.2) is 60.2 Å². The van der Waals surface area contributed by atoms with Crippen LogP contribution in [0.4, 0.5) is 8.78 Å². The molecule has 1 N–H and O–H groups in total. The highest BCUT2D eigenvalue weighted by Crippen LogP contribution is 2.13. The monoisotopic (exact) mass is 387 g/mol. The van der Waals surface area contributed by atoms with Gasteiger partial charge in [-0.25, -0.2) is 8.78 Å². The number of carbonyl (C=O) groups is 3. The highest BCUT2D eigenvalue weighted by atomic mass is 19.2. The average Bonchev–Trinajstić information content (AvgIpc) is 2.74. The Hall–Kier alpha value is -3.29. The number of halogens is 2. The zero-order valence-electron chi connectivity index (χ0n) is 15.0. The summed E-state index contributed by atoms with van der Waals surface area (Å²) in [7, 11) is 0. The van der Waals surface area contributed by atoms with E-state index in [1.165, 1.54) is 11.0 Å². The summed E-state index contributed by atoms with van der Waals surface area (Å²) < 4.78 is 26.3. The van der Waals surface area contributed by atoms with Crippen molar-refractivity contribution in [3.05, 3.63) is 71.3 Å². The van der Waals surface area contributed by atoms with E-state index < -0.39 is 17.5 Å². The van der Waals surface area contributed by atoms with E-state index in [0.717, 1.165) is 12.1 Å². The van der Waals surface area contributed by atoms with E-state index >= 15 is 0 Å². The predicted octanol–water partition coefficient (Wildman–Crippen LogP) is 1.68. The lowest BCUT2D eigenvalue weighted by Crippen LogP contribution is -2.52. The number of rotatable bonds is 4. The van der Waals surface area contributed by atoms with Crippen LogP contribution < -0.4 is 5.32 Å². The number of nitrogens with one attached hydrogen (secondary N) is 1. The fourth-order valence-electron chi connectivity index (χ4n) is 2.93. The van der Waals surface area contributed by atoms with Gasteiger partial charge >= 0.3 is 0 Å². The van der Waals surface area contributed by atoms with Crippen molar-refractivity contribution in [1.82, 2.24) is 15.1 Å². The molecule has 1 fully saturated rings. The van der Waals surface area contributed by atoms with Gasteiger partial charge in [0, 0.05) is 37.3 Å². The molecule has 146 valence electrons. The normalized spacial score (nSPS) is 13.9. The molecule has 0 aliphatic carbocycles. The number of benzene rings is 2. The summed E-state index contributed by atoms with van der Waals surface area (Å²) in [5.74, 6) is -3.08. The Bertz CT molecular complexity index is 882. The van der Waals surface area contributed by atoms with Crippen molar-refractivity contribution in [2.24, 2.45) is 0 Å². The van der Waals surface area contributed by atoms with Crippen molar-refractivity contribution in [2.45, 2.75) is 0 Å². The molecule has 0 unspecified atom stereocenters. The van der Waals surface area contributed by atoms with Gasteiger partial charge in [-0.15, -0.1) is 0 Å². The van der Waals surface area contributed by atoms with E-state index in [1.807, 2.05) is 0 Å². The zero-order valence-corrected chi connectivity index (χ0v) is 15.0. The van der Waals surface area contributed by atoms with E-state index in [2.05, 4.69) is 5.32 Å². The van der Waals surface area contributed by atoms with Crippen LogP contribution in [0.15, 0.2) is 48.5 Å². The quantitative estimate of drug-likeness (QED) is 0.868. The van der Waals surface area contributed by atoms with Crippen LogP contribution in [0.3, 0.4) is 0 Å². The van der Waals surface area contributed by atoms with Crippen molar-refractivity contribution in [1.29, 1.82) is 0 Å². The summed E-state index contributed by atoms with van der Waals surface area (Å²) in [6.07, 6.45) is 0. The molecule has 1 aliphatic rings. The van der Waals surface area contributed by atoms with Gasteiger partial charge in [0.25, 0.3) is 11.8 Å². The Morgan fingerprint density at radius 2 is 1.46 bits per heavy atom. The molecule has 6 nitrogen and oxygen atoms in total. The zero-order chi connectivity index (χ0) is 20.1. The van der Waals surface area contributed by atoms with Gasteiger partial charge in [0.1, 0.15) is 0 Å². The first-order valence-corrected chi connectivity index (χ1v) is 8.81. The van der Waals surface area contributed by atoms with Crippen molar-refractivity contribution < 1.29 is 23.2 Å². The fraction of sp³-hybridized carbons (Fsp3) is 0.250. The maximum atomic E-state index is 13.3. The summed E-state index contributed by atoms with van der Waals surface area (Å²) in [6.45, 7) is 1.02. The molecular weight excluding hydrogens is 368 g/mol. The predicted molar refractivity (Wildman–Crippen MR) is 97.6 cm³/mol. The summed E-state index contributed by atoms with van der Waals surface area (Å²) in [5.41, 5.74) is 0.533. The Balaban J connectivity index is 1.49. The van der Waals surface area contributed by atoms with Gasteiger partial charge in [0.2, 0.25) is 5.91 Å². The lowest BCUT2D eigenvalue weighted by Gasteiger charge is -2.34. The van der Waals surface area contributed by atoms with Crippen LogP contribution in [0.2, 0.25) is 0 Å². The van der Waals surface area contributed by atoms with E-state index in [0.29, 0.717) is 18.7 Å². The highest BCUT2D eigenvalue weighted by Gasteiger charge is 2.25. The lowest BCUT2D eigenvalue weighted by atomic mass is 10.1. The number of carbonyl (C=O) groups excluding carboxylic acids is 3. The Kier molecular flexibility index (Phi) is 5.98. The minimum atomic E-state index is -1.08. The fourth-order valence-corrected chi connectivity index (χ4v) is 2.93.